The maximum atomic E-state index is 12.2. The van der Waals surface area contributed by atoms with Gasteiger partial charge >= 0.3 is 0 Å². The van der Waals surface area contributed by atoms with E-state index in [1.54, 1.807) is 7.11 Å². The smallest absolute Gasteiger partial charge is 0.253 e. The maximum Gasteiger partial charge on any atom is 0.253 e. The molecule has 4 N–H and O–H groups in total. The minimum atomic E-state index is -0.116. The Bertz CT molecular complexity index is 602. The molecule has 0 saturated heterocycles. The van der Waals surface area contributed by atoms with Crippen LogP contribution in [0.2, 0.25) is 0 Å². The summed E-state index contributed by atoms with van der Waals surface area (Å²) in [6.45, 7) is 4.18. The van der Waals surface area contributed by atoms with Crippen LogP contribution >= 0.6 is 0 Å². The van der Waals surface area contributed by atoms with Crippen molar-refractivity contribution in [3.8, 4) is 5.75 Å². The van der Waals surface area contributed by atoms with Crippen LogP contribution in [0.3, 0.4) is 0 Å². The Kier molecular flexibility index (Phi) is 3.76. The number of para-hydroxylation sites is 1. The Hall–Kier alpha value is -2.01. The molecule has 0 aliphatic heterocycles. The third kappa shape index (κ3) is 2.56. The van der Waals surface area contributed by atoms with Crippen molar-refractivity contribution in [2.24, 2.45) is 5.73 Å². The van der Waals surface area contributed by atoms with Gasteiger partial charge in [-0.3, -0.25) is 4.79 Å². The van der Waals surface area contributed by atoms with Crippen molar-refractivity contribution in [3.05, 3.63) is 29.5 Å². The summed E-state index contributed by atoms with van der Waals surface area (Å²) in [6.07, 6.45) is 0. The average Bonchev–Trinajstić information content (AvgIpc) is 2.71. The minimum Gasteiger partial charge on any atom is -0.495 e. The fourth-order valence-corrected chi connectivity index (χ4v) is 2.13. The molecule has 1 aromatic carbocycles. The average molecular weight is 261 g/mol. The number of hydrogen-bond donors (Lipinski definition) is 3. The Morgan fingerprint density at radius 1 is 1.53 bits per heavy atom. The van der Waals surface area contributed by atoms with E-state index in [0.717, 1.165) is 22.3 Å². The second kappa shape index (κ2) is 5.32. The van der Waals surface area contributed by atoms with Gasteiger partial charge in [0.05, 0.1) is 18.2 Å². The number of nitrogens with one attached hydrogen (secondary N) is 2. The third-order valence-electron chi connectivity index (χ3n) is 3.01. The van der Waals surface area contributed by atoms with Crippen LogP contribution in [-0.4, -0.2) is 30.6 Å². The zero-order chi connectivity index (χ0) is 14.0. The second-order valence-electron chi connectivity index (χ2n) is 4.70. The van der Waals surface area contributed by atoms with Gasteiger partial charge in [-0.25, -0.2) is 0 Å². The number of aromatic nitrogens is 1. The number of rotatable bonds is 4. The second-order valence-corrected chi connectivity index (χ2v) is 4.70. The van der Waals surface area contributed by atoms with Crippen LogP contribution in [0.1, 0.15) is 23.0 Å². The van der Waals surface area contributed by atoms with Gasteiger partial charge in [0.15, 0.2) is 0 Å². The van der Waals surface area contributed by atoms with E-state index in [2.05, 4.69) is 10.3 Å². The van der Waals surface area contributed by atoms with E-state index < -0.39 is 0 Å². The normalized spacial score (nSPS) is 12.4. The third-order valence-corrected chi connectivity index (χ3v) is 3.01. The van der Waals surface area contributed by atoms with Crippen molar-refractivity contribution in [2.45, 2.75) is 19.9 Å². The number of H-pyrrole nitrogens is 1. The predicted molar refractivity (Wildman–Crippen MR) is 75.6 cm³/mol. The molecule has 19 heavy (non-hydrogen) atoms. The predicted octanol–water partition coefficient (Wildman–Crippen LogP) is 1.56. The molecular weight excluding hydrogens is 242 g/mol. The molecule has 0 spiro atoms. The first-order valence-corrected chi connectivity index (χ1v) is 6.23. The van der Waals surface area contributed by atoms with Crippen molar-refractivity contribution < 1.29 is 9.53 Å². The molecule has 1 aromatic heterocycles. The molecule has 0 aliphatic carbocycles. The first-order chi connectivity index (χ1) is 9.04. The first kappa shape index (κ1) is 13.4. The molecule has 1 heterocycles. The van der Waals surface area contributed by atoms with E-state index in [-0.39, 0.29) is 11.9 Å². The summed E-state index contributed by atoms with van der Waals surface area (Å²) < 4.78 is 5.29. The summed E-state index contributed by atoms with van der Waals surface area (Å²) in [5.74, 6) is 0.612. The van der Waals surface area contributed by atoms with Crippen molar-refractivity contribution in [2.75, 3.05) is 13.7 Å². The van der Waals surface area contributed by atoms with Gasteiger partial charge in [-0.2, -0.15) is 0 Å². The molecule has 5 nitrogen and oxygen atoms in total. The highest BCUT2D eigenvalue weighted by molar-refractivity contribution is 6.09. The minimum absolute atomic E-state index is 0.0657. The number of amides is 1. The van der Waals surface area contributed by atoms with Crippen molar-refractivity contribution >= 4 is 16.8 Å². The fourth-order valence-electron chi connectivity index (χ4n) is 2.13. The fraction of sp³-hybridized carbons (Fsp3) is 0.357. The maximum absolute atomic E-state index is 12.2. The van der Waals surface area contributed by atoms with E-state index in [0.29, 0.717) is 12.1 Å². The molecule has 1 amide bonds. The highest BCUT2D eigenvalue weighted by Gasteiger charge is 2.17. The summed E-state index contributed by atoms with van der Waals surface area (Å²) in [4.78, 5) is 15.4. The van der Waals surface area contributed by atoms with Crippen molar-refractivity contribution in [1.82, 2.24) is 10.3 Å². The van der Waals surface area contributed by atoms with Gasteiger partial charge in [-0.05, 0) is 19.9 Å². The zero-order valence-electron chi connectivity index (χ0n) is 11.4. The van der Waals surface area contributed by atoms with Crippen LogP contribution in [-0.2, 0) is 0 Å². The first-order valence-electron chi connectivity index (χ1n) is 6.23. The number of methoxy groups -OCH3 is 1. The molecule has 5 heteroatoms. The molecule has 0 aliphatic rings. The number of hydrogen-bond acceptors (Lipinski definition) is 3. The van der Waals surface area contributed by atoms with Crippen LogP contribution in [0.25, 0.3) is 10.9 Å². The molecule has 2 rings (SSSR count). The Morgan fingerprint density at radius 3 is 2.89 bits per heavy atom. The molecular formula is C14H19N3O2. The summed E-state index contributed by atoms with van der Waals surface area (Å²) in [5, 5.41) is 3.69. The Labute approximate surface area is 112 Å². The number of nitrogens with two attached hydrogens (primary N) is 1. The van der Waals surface area contributed by atoms with Crippen molar-refractivity contribution in [1.29, 1.82) is 0 Å². The monoisotopic (exact) mass is 261 g/mol. The summed E-state index contributed by atoms with van der Waals surface area (Å²) in [5.41, 5.74) is 7.96. The largest absolute Gasteiger partial charge is 0.495 e. The van der Waals surface area contributed by atoms with Gasteiger partial charge in [0.1, 0.15) is 5.75 Å². The SMILES string of the molecule is COc1cccc2c(C(=O)NCC(C)N)c(C)[nH]c12. The van der Waals surface area contributed by atoms with Gasteiger partial charge in [0.2, 0.25) is 0 Å². The molecule has 0 saturated carbocycles. The quantitative estimate of drug-likeness (QED) is 0.781. The van der Waals surface area contributed by atoms with Gasteiger partial charge < -0.3 is 20.8 Å². The molecule has 0 fully saturated rings. The van der Waals surface area contributed by atoms with Crippen LogP contribution < -0.4 is 15.8 Å². The van der Waals surface area contributed by atoms with Gasteiger partial charge in [-0.1, -0.05) is 12.1 Å². The summed E-state index contributed by atoms with van der Waals surface area (Å²) in [6, 6.07) is 5.57. The number of aromatic amines is 1. The number of benzene rings is 1. The molecule has 0 bridgehead atoms. The Balaban J connectivity index is 2.43. The van der Waals surface area contributed by atoms with Crippen LogP contribution in [0.5, 0.6) is 5.75 Å². The number of carbonyl (C=O) groups is 1. The molecule has 102 valence electrons. The number of carbonyl (C=O) groups excluding carboxylic acids is 1. The highest BCUT2D eigenvalue weighted by atomic mass is 16.5. The van der Waals surface area contributed by atoms with Gasteiger partial charge in [0, 0.05) is 23.7 Å². The highest BCUT2D eigenvalue weighted by Crippen LogP contribution is 2.29. The lowest BCUT2D eigenvalue weighted by Crippen LogP contribution is -2.35. The standard InChI is InChI=1S/C14H19N3O2/c1-8(15)7-16-14(18)12-9(2)17-13-10(12)5-4-6-11(13)19-3/h4-6,8,17H,7,15H2,1-3H3,(H,16,18). The van der Waals surface area contributed by atoms with Crippen LogP contribution in [0.15, 0.2) is 18.2 Å². The molecule has 1 unspecified atom stereocenters. The Morgan fingerprint density at radius 2 is 2.26 bits per heavy atom. The zero-order valence-corrected chi connectivity index (χ0v) is 11.4. The van der Waals surface area contributed by atoms with Crippen molar-refractivity contribution in [3.63, 3.8) is 0 Å². The number of fused-ring (bicyclic) bond motifs is 1. The molecule has 0 radical (unpaired) electrons. The van der Waals surface area contributed by atoms with Crippen LogP contribution in [0, 0.1) is 6.92 Å². The number of aryl methyl sites for hydroxylation is 1. The van der Waals surface area contributed by atoms with E-state index in [4.69, 9.17) is 10.5 Å². The van der Waals surface area contributed by atoms with E-state index in [9.17, 15) is 4.79 Å². The number of ether oxygens (including phenoxy) is 1. The van der Waals surface area contributed by atoms with Gasteiger partial charge in [-0.15, -0.1) is 0 Å². The lowest BCUT2D eigenvalue weighted by atomic mass is 10.1. The molecule has 1 atom stereocenters. The van der Waals surface area contributed by atoms with Gasteiger partial charge in [0.25, 0.3) is 5.91 Å². The van der Waals surface area contributed by atoms with Crippen LogP contribution in [0.4, 0.5) is 0 Å². The topological polar surface area (TPSA) is 80.1 Å². The van der Waals surface area contributed by atoms with E-state index >= 15 is 0 Å². The lowest BCUT2D eigenvalue weighted by molar-refractivity contribution is 0.0953. The summed E-state index contributed by atoms with van der Waals surface area (Å²) >= 11 is 0. The lowest BCUT2D eigenvalue weighted by Gasteiger charge is -2.08. The summed E-state index contributed by atoms with van der Waals surface area (Å²) in [7, 11) is 1.61. The molecule has 2 aromatic rings. The van der Waals surface area contributed by atoms with E-state index in [1.165, 1.54) is 0 Å². The van der Waals surface area contributed by atoms with E-state index in [1.807, 2.05) is 32.0 Å².